The third kappa shape index (κ3) is 13.6. The van der Waals surface area contributed by atoms with Gasteiger partial charge in [-0.25, -0.2) is 0 Å². The summed E-state index contributed by atoms with van der Waals surface area (Å²) in [5.41, 5.74) is 5.78. The molecule has 0 amide bonds. The van der Waals surface area contributed by atoms with Crippen molar-refractivity contribution in [3.8, 4) is 0 Å². The Morgan fingerprint density at radius 2 is 1.71 bits per heavy atom. The zero-order valence-electron chi connectivity index (χ0n) is 10.6. The largest absolute Gasteiger partial charge is 0.411 e. The molecule has 0 radical (unpaired) electrons. The first-order valence-corrected chi connectivity index (χ1v) is 6.35. The number of ether oxygens (including phenoxy) is 1. The molecule has 2 nitrogen and oxygen atoms in total. The first-order chi connectivity index (χ1) is 7.95. The van der Waals surface area contributed by atoms with E-state index in [1.165, 1.54) is 19.3 Å². The van der Waals surface area contributed by atoms with Crippen LogP contribution in [-0.4, -0.2) is 25.4 Å². The van der Waals surface area contributed by atoms with Gasteiger partial charge in [0.1, 0.15) is 6.61 Å². The number of nitrogens with two attached hydrogens (primary N) is 1. The highest BCUT2D eigenvalue weighted by atomic mass is 19.4. The monoisotopic (exact) mass is 255 g/mol. The van der Waals surface area contributed by atoms with Crippen molar-refractivity contribution in [2.75, 3.05) is 13.2 Å². The lowest BCUT2D eigenvalue weighted by atomic mass is 10.1. The first kappa shape index (κ1) is 16.7. The predicted octanol–water partition coefficient (Wildman–Crippen LogP) is 3.64. The molecule has 0 aromatic carbocycles. The van der Waals surface area contributed by atoms with Gasteiger partial charge in [-0.05, 0) is 12.8 Å². The van der Waals surface area contributed by atoms with Crippen molar-refractivity contribution in [2.45, 2.75) is 64.1 Å². The molecule has 0 heterocycles. The summed E-state index contributed by atoms with van der Waals surface area (Å²) in [6.07, 6.45) is 3.02. The Morgan fingerprint density at radius 3 is 2.29 bits per heavy atom. The Morgan fingerprint density at radius 1 is 1.06 bits per heavy atom. The van der Waals surface area contributed by atoms with Crippen molar-refractivity contribution in [3.05, 3.63) is 0 Å². The van der Waals surface area contributed by atoms with Gasteiger partial charge >= 0.3 is 6.18 Å². The fourth-order valence-electron chi connectivity index (χ4n) is 1.58. The van der Waals surface area contributed by atoms with Gasteiger partial charge in [-0.2, -0.15) is 13.2 Å². The van der Waals surface area contributed by atoms with E-state index in [1.54, 1.807) is 0 Å². The summed E-state index contributed by atoms with van der Waals surface area (Å²) in [6.45, 7) is 1.08. The highest BCUT2D eigenvalue weighted by Gasteiger charge is 2.27. The van der Waals surface area contributed by atoms with Gasteiger partial charge in [-0.15, -0.1) is 0 Å². The van der Waals surface area contributed by atoms with Crippen LogP contribution in [0.1, 0.15) is 51.9 Å². The fraction of sp³-hybridized carbons (Fsp3) is 1.00. The third-order valence-corrected chi connectivity index (χ3v) is 2.58. The number of rotatable bonds is 10. The van der Waals surface area contributed by atoms with Crippen molar-refractivity contribution in [3.63, 3.8) is 0 Å². The standard InChI is InChI=1S/C12H24F3NO/c1-2-3-4-5-6-7-11(16)8-9-17-10-12(13,14)15/h11H,2-10,16H2,1H3. The zero-order chi connectivity index (χ0) is 13.1. The normalized spacial score (nSPS) is 13.9. The molecule has 0 aliphatic carbocycles. The SMILES string of the molecule is CCCCCCCC(N)CCOCC(F)(F)F. The molecule has 0 spiro atoms. The van der Waals surface area contributed by atoms with Crippen LogP contribution >= 0.6 is 0 Å². The molecule has 0 saturated heterocycles. The van der Waals surface area contributed by atoms with Crippen molar-refractivity contribution >= 4 is 0 Å². The maximum Gasteiger partial charge on any atom is 0.411 e. The van der Waals surface area contributed by atoms with Gasteiger partial charge in [0.15, 0.2) is 0 Å². The van der Waals surface area contributed by atoms with Crippen LogP contribution in [0, 0.1) is 0 Å². The molecule has 0 aliphatic heterocycles. The van der Waals surface area contributed by atoms with Crippen LogP contribution in [0.15, 0.2) is 0 Å². The van der Waals surface area contributed by atoms with Crippen LogP contribution in [0.25, 0.3) is 0 Å². The molecular formula is C12H24F3NO. The average molecular weight is 255 g/mol. The molecule has 0 saturated carbocycles. The topological polar surface area (TPSA) is 35.2 Å². The van der Waals surface area contributed by atoms with Gasteiger partial charge in [0.05, 0.1) is 0 Å². The number of hydrogen-bond acceptors (Lipinski definition) is 2. The maximum absolute atomic E-state index is 11.7. The van der Waals surface area contributed by atoms with Crippen LogP contribution in [-0.2, 0) is 4.74 Å². The second-order valence-electron chi connectivity index (χ2n) is 4.42. The molecule has 0 fully saturated rings. The van der Waals surface area contributed by atoms with E-state index < -0.39 is 12.8 Å². The van der Waals surface area contributed by atoms with Crippen LogP contribution in [0.3, 0.4) is 0 Å². The number of unbranched alkanes of at least 4 members (excludes halogenated alkanes) is 4. The van der Waals surface area contributed by atoms with E-state index in [-0.39, 0.29) is 12.6 Å². The number of alkyl halides is 3. The van der Waals surface area contributed by atoms with Gasteiger partial charge in [0.25, 0.3) is 0 Å². The van der Waals surface area contributed by atoms with Crippen molar-refractivity contribution in [2.24, 2.45) is 5.73 Å². The Kier molecular flexibility index (Phi) is 9.55. The Balaban J connectivity index is 3.26. The van der Waals surface area contributed by atoms with E-state index >= 15 is 0 Å². The summed E-state index contributed by atoms with van der Waals surface area (Å²) in [4.78, 5) is 0. The molecule has 2 N–H and O–H groups in total. The van der Waals surface area contributed by atoms with Gasteiger partial charge in [0, 0.05) is 12.6 Å². The second kappa shape index (κ2) is 9.71. The summed E-state index contributed by atoms with van der Waals surface area (Å²) < 4.78 is 39.7. The van der Waals surface area contributed by atoms with E-state index in [1.807, 2.05) is 0 Å². The lowest BCUT2D eigenvalue weighted by Gasteiger charge is -2.12. The first-order valence-electron chi connectivity index (χ1n) is 6.35. The Bertz CT molecular complexity index is 174. The van der Waals surface area contributed by atoms with Crippen molar-refractivity contribution < 1.29 is 17.9 Å². The van der Waals surface area contributed by atoms with Crippen LogP contribution in [0.5, 0.6) is 0 Å². The molecular weight excluding hydrogens is 231 g/mol. The molecule has 1 unspecified atom stereocenters. The predicted molar refractivity (Wildman–Crippen MR) is 62.8 cm³/mol. The highest BCUT2D eigenvalue weighted by molar-refractivity contribution is 4.61. The summed E-state index contributed by atoms with van der Waals surface area (Å²) >= 11 is 0. The molecule has 0 aliphatic rings. The van der Waals surface area contributed by atoms with E-state index in [4.69, 9.17) is 5.73 Å². The zero-order valence-corrected chi connectivity index (χ0v) is 10.6. The number of halogens is 3. The Labute approximate surface area is 102 Å². The minimum Gasteiger partial charge on any atom is -0.372 e. The quantitative estimate of drug-likeness (QED) is 0.605. The van der Waals surface area contributed by atoms with Gasteiger partial charge in [-0.1, -0.05) is 39.0 Å². The molecule has 17 heavy (non-hydrogen) atoms. The van der Waals surface area contributed by atoms with Gasteiger partial charge in [-0.3, -0.25) is 0 Å². The molecule has 0 aromatic heterocycles. The maximum atomic E-state index is 11.7. The smallest absolute Gasteiger partial charge is 0.372 e. The third-order valence-electron chi connectivity index (χ3n) is 2.58. The molecule has 1 atom stereocenters. The average Bonchev–Trinajstić information content (AvgIpc) is 2.23. The van der Waals surface area contributed by atoms with E-state index in [9.17, 15) is 13.2 Å². The summed E-state index contributed by atoms with van der Waals surface area (Å²) in [6, 6.07) is -0.0372. The van der Waals surface area contributed by atoms with E-state index in [0.717, 1.165) is 19.3 Å². The highest BCUT2D eigenvalue weighted by Crippen LogP contribution is 2.14. The lowest BCUT2D eigenvalue weighted by molar-refractivity contribution is -0.174. The minimum absolute atomic E-state index is 0.0372. The van der Waals surface area contributed by atoms with Crippen molar-refractivity contribution in [1.29, 1.82) is 0 Å². The Hall–Kier alpha value is -0.290. The minimum atomic E-state index is -4.23. The number of hydrogen-bond donors (Lipinski definition) is 1. The summed E-state index contributed by atoms with van der Waals surface area (Å²) in [7, 11) is 0. The van der Waals surface area contributed by atoms with Crippen molar-refractivity contribution in [1.82, 2.24) is 0 Å². The summed E-state index contributed by atoms with van der Waals surface area (Å²) in [5.74, 6) is 0. The van der Waals surface area contributed by atoms with Crippen LogP contribution < -0.4 is 5.73 Å². The van der Waals surface area contributed by atoms with Crippen LogP contribution in [0.2, 0.25) is 0 Å². The summed E-state index contributed by atoms with van der Waals surface area (Å²) in [5, 5.41) is 0. The molecule has 5 heteroatoms. The van der Waals surface area contributed by atoms with Gasteiger partial charge < -0.3 is 10.5 Å². The lowest BCUT2D eigenvalue weighted by Crippen LogP contribution is -2.24. The second-order valence-corrected chi connectivity index (χ2v) is 4.42. The van der Waals surface area contributed by atoms with Gasteiger partial charge in [0.2, 0.25) is 0 Å². The molecule has 0 rings (SSSR count). The van der Waals surface area contributed by atoms with E-state index in [0.29, 0.717) is 6.42 Å². The molecule has 0 bridgehead atoms. The fourth-order valence-corrected chi connectivity index (χ4v) is 1.58. The molecule has 104 valence electrons. The van der Waals surface area contributed by atoms with E-state index in [2.05, 4.69) is 11.7 Å². The van der Waals surface area contributed by atoms with Crippen LogP contribution in [0.4, 0.5) is 13.2 Å². The molecule has 0 aromatic rings.